The Balaban J connectivity index is 2.03. The van der Waals surface area contributed by atoms with Crippen LogP contribution in [-0.4, -0.2) is 18.3 Å². The molecule has 0 spiro atoms. The topological polar surface area (TPSA) is 15.6 Å². The zero-order valence-corrected chi connectivity index (χ0v) is 16.4. The summed E-state index contributed by atoms with van der Waals surface area (Å²) in [6.07, 6.45) is 5.07. The van der Waals surface area contributed by atoms with Gasteiger partial charge in [-0.25, -0.2) is 4.39 Å². The molecule has 2 aromatic carbocycles. The van der Waals surface area contributed by atoms with E-state index in [9.17, 15) is 4.39 Å². The van der Waals surface area contributed by atoms with E-state index in [4.69, 9.17) is 11.6 Å². The largest absolute Gasteiger partial charge is 0.362 e. The standard InChI is InChI=1S/C22H24ClFN2/c1-5-9-26-21-12-20(23)16(10-19(21)15(2)13-22(26,3)4)14-25-18-8-6-7-17(24)11-18/h6-8,10-14H,5,9H2,1-4H3. The van der Waals surface area contributed by atoms with Gasteiger partial charge in [-0.15, -0.1) is 0 Å². The molecule has 0 radical (unpaired) electrons. The highest BCUT2D eigenvalue weighted by Crippen LogP contribution is 2.41. The summed E-state index contributed by atoms with van der Waals surface area (Å²) in [4.78, 5) is 6.77. The first-order valence-corrected chi connectivity index (χ1v) is 9.30. The van der Waals surface area contributed by atoms with Crippen LogP contribution < -0.4 is 4.90 Å². The molecule has 0 aliphatic carbocycles. The summed E-state index contributed by atoms with van der Waals surface area (Å²) >= 11 is 6.55. The lowest BCUT2D eigenvalue weighted by atomic mass is 9.88. The molecule has 2 nitrogen and oxygen atoms in total. The Kier molecular flexibility index (Phi) is 5.19. The summed E-state index contributed by atoms with van der Waals surface area (Å²) in [7, 11) is 0. The Morgan fingerprint density at radius 2 is 2.00 bits per heavy atom. The molecule has 0 aromatic heterocycles. The number of halogens is 2. The third-order valence-corrected chi connectivity index (χ3v) is 5.03. The van der Waals surface area contributed by atoms with Crippen LogP contribution in [0.1, 0.15) is 45.2 Å². The molecule has 0 atom stereocenters. The van der Waals surface area contributed by atoms with E-state index in [0.717, 1.165) is 24.2 Å². The predicted molar refractivity (Wildman–Crippen MR) is 110 cm³/mol. The van der Waals surface area contributed by atoms with Gasteiger partial charge in [-0.05, 0) is 63.1 Å². The van der Waals surface area contributed by atoms with Crippen LogP contribution in [0.4, 0.5) is 15.8 Å². The van der Waals surface area contributed by atoms with Gasteiger partial charge in [-0.1, -0.05) is 30.7 Å². The fourth-order valence-corrected chi connectivity index (χ4v) is 3.75. The van der Waals surface area contributed by atoms with Gasteiger partial charge in [0.1, 0.15) is 5.82 Å². The van der Waals surface area contributed by atoms with Crippen LogP contribution in [0.2, 0.25) is 5.02 Å². The van der Waals surface area contributed by atoms with E-state index in [2.05, 4.69) is 49.7 Å². The number of aliphatic imine (C=N–C) groups is 1. The van der Waals surface area contributed by atoms with Crippen molar-refractivity contribution in [2.45, 2.75) is 39.7 Å². The van der Waals surface area contributed by atoms with Gasteiger partial charge in [0.25, 0.3) is 0 Å². The number of hydrogen-bond donors (Lipinski definition) is 0. The fourth-order valence-electron chi connectivity index (χ4n) is 3.55. The van der Waals surface area contributed by atoms with Crippen molar-refractivity contribution in [3.8, 4) is 0 Å². The lowest BCUT2D eigenvalue weighted by Gasteiger charge is -2.43. The van der Waals surface area contributed by atoms with E-state index < -0.39 is 0 Å². The number of anilines is 1. The highest BCUT2D eigenvalue weighted by Gasteiger charge is 2.31. The van der Waals surface area contributed by atoms with Crippen molar-refractivity contribution < 1.29 is 4.39 Å². The predicted octanol–water partition coefficient (Wildman–Crippen LogP) is 6.64. The molecule has 0 saturated carbocycles. The molecule has 2 aromatic rings. The van der Waals surface area contributed by atoms with Gasteiger partial charge in [0.15, 0.2) is 0 Å². The second-order valence-electron chi connectivity index (χ2n) is 7.26. The van der Waals surface area contributed by atoms with Crippen molar-refractivity contribution in [3.05, 3.63) is 64.4 Å². The lowest BCUT2D eigenvalue weighted by Crippen LogP contribution is -2.45. The molecule has 136 valence electrons. The number of allylic oxidation sites excluding steroid dienone is 1. The van der Waals surface area contributed by atoms with Crippen LogP contribution in [0.5, 0.6) is 0 Å². The van der Waals surface area contributed by atoms with Crippen molar-refractivity contribution in [1.82, 2.24) is 0 Å². The minimum atomic E-state index is -0.299. The molecule has 1 aliphatic rings. The quantitative estimate of drug-likeness (QED) is 0.550. The fraction of sp³-hybridized carbons (Fsp3) is 0.318. The van der Waals surface area contributed by atoms with E-state index in [1.807, 2.05) is 6.07 Å². The smallest absolute Gasteiger partial charge is 0.125 e. The second kappa shape index (κ2) is 7.24. The minimum Gasteiger partial charge on any atom is -0.362 e. The first-order valence-electron chi connectivity index (χ1n) is 8.92. The third kappa shape index (κ3) is 3.68. The van der Waals surface area contributed by atoms with Crippen LogP contribution in [-0.2, 0) is 0 Å². The maximum absolute atomic E-state index is 13.3. The van der Waals surface area contributed by atoms with Gasteiger partial charge in [0, 0.05) is 29.6 Å². The molecule has 26 heavy (non-hydrogen) atoms. The average molecular weight is 371 g/mol. The maximum Gasteiger partial charge on any atom is 0.125 e. The van der Waals surface area contributed by atoms with Crippen LogP contribution in [0.3, 0.4) is 0 Å². The van der Waals surface area contributed by atoms with E-state index in [0.29, 0.717) is 10.7 Å². The first kappa shape index (κ1) is 18.7. The second-order valence-corrected chi connectivity index (χ2v) is 7.67. The highest BCUT2D eigenvalue weighted by atomic mass is 35.5. The Morgan fingerprint density at radius 3 is 2.69 bits per heavy atom. The summed E-state index contributed by atoms with van der Waals surface area (Å²) in [5, 5.41) is 0.649. The van der Waals surface area contributed by atoms with Crippen molar-refractivity contribution >= 4 is 34.8 Å². The summed E-state index contributed by atoms with van der Waals surface area (Å²) in [5.41, 5.74) is 4.91. The van der Waals surface area contributed by atoms with E-state index >= 15 is 0 Å². The molecule has 0 amide bonds. The van der Waals surface area contributed by atoms with Crippen molar-refractivity contribution in [2.75, 3.05) is 11.4 Å². The number of benzene rings is 2. The molecule has 4 heteroatoms. The number of hydrogen-bond acceptors (Lipinski definition) is 2. The van der Waals surface area contributed by atoms with Crippen LogP contribution in [0.15, 0.2) is 47.5 Å². The molecule has 0 bridgehead atoms. The Hall–Kier alpha value is -2.13. The SMILES string of the molecule is CCCN1c2cc(Cl)c(C=Nc3cccc(F)c3)cc2C(C)=CC1(C)C. The molecule has 1 heterocycles. The molecule has 1 aliphatic heterocycles. The van der Waals surface area contributed by atoms with E-state index in [1.54, 1.807) is 18.3 Å². The van der Waals surface area contributed by atoms with Gasteiger partial charge in [0.05, 0.1) is 16.2 Å². The molecular formula is C22H24ClFN2. The number of rotatable bonds is 4. The lowest BCUT2D eigenvalue weighted by molar-refractivity contribution is 0.550. The monoisotopic (exact) mass is 370 g/mol. The van der Waals surface area contributed by atoms with Gasteiger partial charge in [0.2, 0.25) is 0 Å². The molecule has 0 N–H and O–H groups in total. The molecular weight excluding hydrogens is 347 g/mol. The maximum atomic E-state index is 13.3. The third-order valence-electron chi connectivity index (χ3n) is 4.70. The van der Waals surface area contributed by atoms with Crippen molar-refractivity contribution in [1.29, 1.82) is 0 Å². The normalized spacial score (nSPS) is 15.9. The van der Waals surface area contributed by atoms with Crippen molar-refractivity contribution in [2.24, 2.45) is 4.99 Å². The Labute approximate surface area is 160 Å². The molecule has 0 unspecified atom stereocenters. The van der Waals surface area contributed by atoms with E-state index in [-0.39, 0.29) is 11.4 Å². The van der Waals surface area contributed by atoms with Gasteiger partial charge < -0.3 is 4.90 Å². The average Bonchev–Trinajstić information content (AvgIpc) is 2.57. The summed E-state index contributed by atoms with van der Waals surface area (Å²) in [5.74, 6) is -0.299. The minimum absolute atomic E-state index is 0.0480. The first-order chi connectivity index (χ1) is 12.3. The van der Waals surface area contributed by atoms with Gasteiger partial charge >= 0.3 is 0 Å². The summed E-state index contributed by atoms with van der Waals surface area (Å²) in [6.45, 7) is 9.73. The van der Waals surface area contributed by atoms with E-state index in [1.165, 1.54) is 23.3 Å². The van der Waals surface area contributed by atoms with Gasteiger partial charge in [-0.2, -0.15) is 0 Å². The number of nitrogens with zero attached hydrogens (tertiary/aromatic N) is 2. The summed E-state index contributed by atoms with van der Waals surface area (Å²) < 4.78 is 13.3. The van der Waals surface area contributed by atoms with Gasteiger partial charge in [-0.3, -0.25) is 4.99 Å². The van der Waals surface area contributed by atoms with Crippen LogP contribution >= 0.6 is 11.6 Å². The number of fused-ring (bicyclic) bond motifs is 1. The van der Waals surface area contributed by atoms with Crippen LogP contribution in [0, 0.1) is 5.82 Å². The van der Waals surface area contributed by atoms with Crippen LogP contribution in [0.25, 0.3) is 5.57 Å². The molecule has 0 saturated heterocycles. The zero-order valence-electron chi connectivity index (χ0n) is 15.7. The molecule has 0 fully saturated rings. The molecule has 3 rings (SSSR count). The Bertz CT molecular complexity index is 884. The highest BCUT2D eigenvalue weighted by molar-refractivity contribution is 6.33. The summed E-state index contributed by atoms with van der Waals surface area (Å²) in [6, 6.07) is 10.3. The Morgan fingerprint density at radius 1 is 1.23 bits per heavy atom. The zero-order chi connectivity index (χ0) is 18.9. The van der Waals surface area contributed by atoms with Crippen molar-refractivity contribution in [3.63, 3.8) is 0 Å².